The van der Waals surface area contributed by atoms with Crippen LogP contribution in [-0.2, 0) is 9.59 Å². The fraction of sp³-hybridized carbons (Fsp3) is 0.818. The molecule has 0 amide bonds. The molecule has 6 nitrogen and oxygen atoms in total. The number of aliphatic carboxylic acids is 2. The molecule has 0 aliphatic rings. The maximum Gasteiger partial charge on any atom is 0.335 e. The standard InChI is InChI=1S/C7H16.C4H6O6/c1-3-5-7-6-4-2;5-1(3(7)8)2(6)4(9)10/h3-7H2,1-2H3;1-2,5-6H,(H,7,8)(H,9,10). The molecule has 4 N–H and O–H groups in total. The maximum atomic E-state index is 9.77. The lowest BCUT2D eigenvalue weighted by Gasteiger charge is -2.07. The summed E-state index contributed by atoms with van der Waals surface area (Å²) in [6, 6.07) is 0. The number of hydrogen-bond donors (Lipinski definition) is 4. The summed E-state index contributed by atoms with van der Waals surface area (Å²) >= 11 is 0. The van der Waals surface area contributed by atoms with E-state index >= 15 is 0 Å². The Kier molecular flexibility index (Phi) is 12.2. The average Bonchev–Trinajstić information content (AvgIpc) is 2.28. The second kappa shape index (κ2) is 11.3. The third kappa shape index (κ3) is 11.1. The maximum absolute atomic E-state index is 9.77. The van der Waals surface area contributed by atoms with Gasteiger partial charge in [-0.3, -0.25) is 0 Å². The van der Waals surface area contributed by atoms with E-state index in [-0.39, 0.29) is 0 Å². The number of hydrogen-bond acceptors (Lipinski definition) is 4. The van der Waals surface area contributed by atoms with Crippen molar-refractivity contribution in [1.82, 2.24) is 0 Å². The third-order valence-corrected chi connectivity index (χ3v) is 2.01. The summed E-state index contributed by atoms with van der Waals surface area (Å²) in [5, 5.41) is 32.5. The van der Waals surface area contributed by atoms with E-state index in [2.05, 4.69) is 13.8 Å². The average molecular weight is 250 g/mol. The summed E-state index contributed by atoms with van der Waals surface area (Å²) in [5.74, 6) is -3.54. The first kappa shape index (κ1) is 18.2. The SMILES string of the molecule is CCCCCCC.O=C(O)C(O)C(O)C(=O)O. The highest BCUT2D eigenvalue weighted by Crippen LogP contribution is 2.00. The van der Waals surface area contributed by atoms with Crippen molar-refractivity contribution in [2.45, 2.75) is 58.2 Å². The Bertz CT molecular complexity index is 194. The van der Waals surface area contributed by atoms with Gasteiger partial charge in [0.25, 0.3) is 0 Å². The normalized spacial score (nSPS) is 13.2. The van der Waals surface area contributed by atoms with Gasteiger partial charge >= 0.3 is 11.9 Å². The van der Waals surface area contributed by atoms with Gasteiger partial charge in [-0.25, -0.2) is 9.59 Å². The van der Waals surface area contributed by atoms with E-state index in [1.807, 2.05) is 0 Å². The van der Waals surface area contributed by atoms with E-state index in [1.165, 1.54) is 32.1 Å². The van der Waals surface area contributed by atoms with Gasteiger partial charge in [0.1, 0.15) is 0 Å². The first-order valence-corrected chi connectivity index (χ1v) is 5.70. The van der Waals surface area contributed by atoms with Crippen LogP contribution in [0.3, 0.4) is 0 Å². The Hall–Kier alpha value is -1.14. The molecule has 0 fully saturated rings. The van der Waals surface area contributed by atoms with Crippen LogP contribution in [0.5, 0.6) is 0 Å². The molecular formula is C11H22O6. The van der Waals surface area contributed by atoms with E-state index in [0.717, 1.165) is 0 Å². The zero-order chi connectivity index (χ0) is 13.8. The highest BCUT2D eigenvalue weighted by Gasteiger charge is 2.29. The van der Waals surface area contributed by atoms with Crippen molar-refractivity contribution < 1.29 is 30.0 Å². The lowest BCUT2D eigenvalue weighted by Crippen LogP contribution is -2.39. The van der Waals surface area contributed by atoms with Crippen LogP contribution in [0.15, 0.2) is 0 Å². The van der Waals surface area contributed by atoms with Gasteiger partial charge in [-0.15, -0.1) is 0 Å². The van der Waals surface area contributed by atoms with E-state index in [9.17, 15) is 9.59 Å². The van der Waals surface area contributed by atoms with Gasteiger partial charge in [-0.1, -0.05) is 46.0 Å². The van der Waals surface area contributed by atoms with Crippen LogP contribution < -0.4 is 0 Å². The van der Waals surface area contributed by atoms with Gasteiger partial charge in [-0.05, 0) is 0 Å². The van der Waals surface area contributed by atoms with Crippen LogP contribution in [-0.4, -0.2) is 44.6 Å². The molecule has 6 heteroatoms. The number of rotatable bonds is 7. The molecule has 2 atom stereocenters. The van der Waals surface area contributed by atoms with Gasteiger partial charge in [-0.2, -0.15) is 0 Å². The zero-order valence-corrected chi connectivity index (χ0v) is 10.3. The van der Waals surface area contributed by atoms with Crippen LogP contribution in [0.25, 0.3) is 0 Å². The quantitative estimate of drug-likeness (QED) is 0.498. The third-order valence-electron chi connectivity index (χ3n) is 2.01. The first-order valence-electron chi connectivity index (χ1n) is 5.70. The van der Waals surface area contributed by atoms with Crippen molar-refractivity contribution in [1.29, 1.82) is 0 Å². The van der Waals surface area contributed by atoms with E-state index in [0.29, 0.717) is 0 Å². The van der Waals surface area contributed by atoms with E-state index < -0.39 is 24.1 Å². The smallest absolute Gasteiger partial charge is 0.335 e. The molecule has 0 heterocycles. The van der Waals surface area contributed by atoms with Gasteiger partial charge in [0.15, 0.2) is 12.2 Å². The van der Waals surface area contributed by atoms with Crippen LogP contribution in [0.4, 0.5) is 0 Å². The molecule has 0 spiro atoms. The van der Waals surface area contributed by atoms with Gasteiger partial charge in [0.2, 0.25) is 0 Å². The van der Waals surface area contributed by atoms with E-state index in [1.54, 1.807) is 0 Å². The fourth-order valence-electron chi connectivity index (χ4n) is 0.947. The van der Waals surface area contributed by atoms with Crippen molar-refractivity contribution in [2.75, 3.05) is 0 Å². The molecule has 2 unspecified atom stereocenters. The zero-order valence-electron chi connectivity index (χ0n) is 10.3. The molecule has 0 aromatic carbocycles. The number of carboxylic acid groups (broad SMARTS) is 2. The lowest BCUT2D eigenvalue weighted by molar-refractivity contribution is -0.165. The first-order chi connectivity index (χ1) is 7.88. The molecule has 0 saturated heterocycles. The molecule has 0 bridgehead atoms. The second-order valence-corrected chi connectivity index (χ2v) is 3.63. The number of carboxylic acids is 2. The molecule has 0 saturated carbocycles. The van der Waals surface area contributed by atoms with Gasteiger partial charge in [0.05, 0.1) is 0 Å². The predicted molar refractivity (Wildman–Crippen MR) is 61.7 cm³/mol. The highest BCUT2D eigenvalue weighted by atomic mass is 16.4. The number of carbonyl (C=O) groups is 2. The molecule has 0 aliphatic heterocycles. The minimum absolute atomic E-state index is 1.36. The fourth-order valence-corrected chi connectivity index (χ4v) is 0.947. The van der Waals surface area contributed by atoms with Crippen LogP contribution in [0.1, 0.15) is 46.0 Å². The molecule has 0 aromatic rings. The van der Waals surface area contributed by atoms with Crippen molar-refractivity contribution in [3.8, 4) is 0 Å². The number of aliphatic hydroxyl groups is 2. The molecule has 102 valence electrons. The summed E-state index contributed by atoms with van der Waals surface area (Å²) in [6.07, 6.45) is 2.48. The topological polar surface area (TPSA) is 115 Å². The second-order valence-electron chi connectivity index (χ2n) is 3.63. The van der Waals surface area contributed by atoms with Crippen LogP contribution in [0.2, 0.25) is 0 Å². The Morgan fingerprint density at radius 3 is 1.29 bits per heavy atom. The van der Waals surface area contributed by atoms with Crippen LogP contribution >= 0.6 is 0 Å². The summed E-state index contributed by atoms with van der Waals surface area (Å²) in [5.41, 5.74) is 0. The molecular weight excluding hydrogens is 228 g/mol. The van der Waals surface area contributed by atoms with Crippen molar-refractivity contribution >= 4 is 11.9 Å². The number of aliphatic hydroxyl groups excluding tert-OH is 2. The van der Waals surface area contributed by atoms with Crippen molar-refractivity contribution in [3.63, 3.8) is 0 Å². The molecule has 0 rings (SSSR count). The Labute approximate surface area is 101 Å². The summed E-state index contributed by atoms with van der Waals surface area (Å²) < 4.78 is 0. The van der Waals surface area contributed by atoms with Gasteiger partial charge < -0.3 is 20.4 Å². The molecule has 0 aliphatic carbocycles. The minimum Gasteiger partial charge on any atom is -0.479 e. The van der Waals surface area contributed by atoms with Crippen molar-refractivity contribution in [2.24, 2.45) is 0 Å². The summed E-state index contributed by atoms with van der Waals surface area (Å²) in [4.78, 5) is 19.5. The van der Waals surface area contributed by atoms with E-state index in [4.69, 9.17) is 20.4 Å². The van der Waals surface area contributed by atoms with Gasteiger partial charge in [0, 0.05) is 0 Å². The monoisotopic (exact) mass is 250 g/mol. The minimum atomic E-state index is -2.27. The Balaban J connectivity index is 0. The highest BCUT2D eigenvalue weighted by molar-refractivity contribution is 5.83. The van der Waals surface area contributed by atoms with Crippen LogP contribution in [0, 0.1) is 0 Å². The molecule has 17 heavy (non-hydrogen) atoms. The lowest BCUT2D eigenvalue weighted by atomic mass is 10.2. The predicted octanol–water partition coefficient (Wildman–Crippen LogP) is 0.854. The summed E-state index contributed by atoms with van der Waals surface area (Å²) in [6.45, 7) is 4.49. The molecule has 0 radical (unpaired) electrons. The molecule has 0 aromatic heterocycles. The Morgan fingerprint density at radius 2 is 1.12 bits per heavy atom. The largest absolute Gasteiger partial charge is 0.479 e. The Morgan fingerprint density at radius 1 is 0.824 bits per heavy atom. The van der Waals surface area contributed by atoms with Crippen molar-refractivity contribution in [3.05, 3.63) is 0 Å². The number of unbranched alkanes of at least 4 members (excludes halogenated alkanes) is 4. The summed E-state index contributed by atoms with van der Waals surface area (Å²) in [7, 11) is 0.